The highest BCUT2D eigenvalue weighted by molar-refractivity contribution is 6.09. The van der Waals surface area contributed by atoms with Gasteiger partial charge in [-0.1, -0.05) is 11.6 Å². The predicted octanol–water partition coefficient (Wildman–Crippen LogP) is 6.97. The summed E-state index contributed by atoms with van der Waals surface area (Å²) in [5.74, 6) is 0.582. The first-order valence-electron chi connectivity index (χ1n) is 10.9. The van der Waals surface area contributed by atoms with Crippen LogP contribution >= 0.6 is 0 Å². The van der Waals surface area contributed by atoms with Gasteiger partial charge in [-0.15, -0.1) is 0 Å². The van der Waals surface area contributed by atoms with E-state index in [1.54, 1.807) is 30.5 Å². The van der Waals surface area contributed by atoms with E-state index in [-0.39, 0.29) is 11.5 Å². The van der Waals surface area contributed by atoms with Gasteiger partial charge in [-0.05, 0) is 63.2 Å². The third-order valence-corrected chi connectivity index (χ3v) is 6.22. The number of nitrogens with zero attached hydrogens (tertiary/aromatic N) is 4. The van der Waals surface area contributed by atoms with Crippen LogP contribution in [0.3, 0.4) is 0 Å². The molecule has 0 aliphatic heterocycles. The first-order valence-corrected chi connectivity index (χ1v) is 10.9. The molecule has 2 aromatic carbocycles. The van der Waals surface area contributed by atoms with Crippen molar-refractivity contribution in [2.45, 2.75) is 38.5 Å². The van der Waals surface area contributed by atoms with Crippen LogP contribution in [0.15, 0.2) is 54.7 Å². The van der Waals surface area contributed by atoms with Crippen molar-refractivity contribution in [2.75, 3.05) is 0 Å². The van der Waals surface area contributed by atoms with Crippen molar-refractivity contribution in [3.05, 3.63) is 83.1 Å². The van der Waals surface area contributed by atoms with Crippen LogP contribution in [0.4, 0.5) is 26.3 Å². The summed E-state index contributed by atoms with van der Waals surface area (Å²) in [6.07, 6.45) is -7.64. The molecule has 3 aromatic heterocycles. The first-order chi connectivity index (χ1) is 16.8. The number of nitrogens with one attached hydrogen (secondary N) is 1. The Bertz CT molecular complexity index is 1610. The van der Waals surface area contributed by atoms with Crippen LogP contribution in [0.25, 0.3) is 27.6 Å². The lowest BCUT2D eigenvalue weighted by molar-refractivity contribution is -0.141. The Kier molecular flexibility index (Phi) is 5.17. The first kappa shape index (κ1) is 23.8. The van der Waals surface area contributed by atoms with Gasteiger partial charge in [-0.25, -0.2) is 9.97 Å². The maximum atomic E-state index is 13.4. The van der Waals surface area contributed by atoms with Crippen molar-refractivity contribution < 1.29 is 26.3 Å². The Morgan fingerprint density at radius 3 is 2.11 bits per heavy atom. The van der Waals surface area contributed by atoms with E-state index in [1.165, 1.54) is 12.3 Å². The lowest BCUT2D eigenvalue weighted by Crippen LogP contribution is -2.23. The zero-order chi connectivity index (χ0) is 26.0. The fourth-order valence-corrected chi connectivity index (χ4v) is 4.24. The number of hydrogen-bond acceptors (Lipinski definition) is 3. The fraction of sp³-hybridized carbons (Fsp3) is 0.240. The van der Waals surface area contributed by atoms with E-state index in [0.29, 0.717) is 27.6 Å². The van der Waals surface area contributed by atoms with Crippen LogP contribution in [0.5, 0.6) is 0 Å². The van der Waals surface area contributed by atoms with Crippen molar-refractivity contribution in [3.8, 4) is 5.82 Å². The van der Waals surface area contributed by atoms with E-state index < -0.39 is 29.0 Å². The fourth-order valence-electron chi connectivity index (χ4n) is 4.24. The molecule has 0 bridgehead atoms. The van der Waals surface area contributed by atoms with Gasteiger partial charge >= 0.3 is 12.4 Å². The molecule has 0 aliphatic rings. The average Bonchev–Trinajstić information content (AvgIpc) is 3.42. The molecule has 11 heteroatoms. The van der Waals surface area contributed by atoms with E-state index in [4.69, 9.17) is 0 Å². The largest absolute Gasteiger partial charge is 0.435 e. The molecule has 36 heavy (non-hydrogen) atoms. The molecule has 5 rings (SSSR count). The zero-order valence-corrected chi connectivity index (χ0v) is 19.3. The molecule has 0 saturated carbocycles. The molecule has 0 aliphatic carbocycles. The number of aromatic amines is 1. The second-order valence-corrected chi connectivity index (χ2v) is 9.11. The van der Waals surface area contributed by atoms with Gasteiger partial charge in [-0.2, -0.15) is 31.4 Å². The summed E-state index contributed by atoms with van der Waals surface area (Å²) in [5.41, 5.74) is -0.710. The van der Waals surface area contributed by atoms with Crippen molar-refractivity contribution in [3.63, 3.8) is 0 Å². The Labute approximate surface area is 200 Å². The van der Waals surface area contributed by atoms with Gasteiger partial charge in [0.2, 0.25) is 0 Å². The molecule has 5 nitrogen and oxygen atoms in total. The Morgan fingerprint density at radius 1 is 0.806 bits per heavy atom. The molecule has 0 atom stereocenters. The molecule has 3 heterocycles. The normalized spacial score (nSPS) is 13.1. The number of H-pyrrole nitrogens is 1. The highest BCUT2D eigenvalue weighted by Gasteiger charge is 2.37. The average molecular weight is 503 g/mol. The summed E-state index contributed by atoms with van der Waals surface area (Å²) in [6.45, 7) is 5.16. The molecule has 1 N–H and O–H groups in total. The monoisotopic (exact) mass is 503 g/mol. The van der Waals surface area contributed by atoms with Crippen molar-refractivity contribution >= 4 is 21.8 Å². The summed E-state index contributed by atoms with van der Waals surface area (Å²) in [5, 5.41) is 6.83. The third-order valence-electron chi connectivity index (χ3n) is 6.22. The Morgan fingerprint density at radius 2 is 1.47 bits per heavy atom. The minimum absolute atomic E-state index is 0.166. The van der Waals surface area contributed by atoms with Crippen LogP contribution in [0.1, 0.15) is 42.2 Å². The van der Waals surface area contributed by atoms with Gasteiger partial charge in [0, 0.05) is 22.7 Å². The zero-order valence-electron chi connectivity index (χ0n) is 19.3. The number of aryl methyl sites for hydroxylation is 1. The van der Waals surface area contributed by atoms with Gasteiger partial charge in [0.25, 0.3) is 0 Å². The molecule has 0 unspecified atom stereocenters. The highest BCUT2D eigenvalue weighted by atomic mass is 19.4. The van der Waals surface area contributed by atoms with Crippen molar-refractivity contribution in [1.29, 1.82) is 0 Å². The SMILES string of the molecule is Cc1ccc2c(c1)c1cc(C(F)(F)F)ccc1n2-c1ccnc(C(C)(C)c2cc(C(F)(F)F)n[nH]2)n1. The Hall–Kier alpha value is -3.89. The molecule has 186 valence electrons. The van der Waals surface area contributed by atoms with Crippen LogP contribution in [-0.4, -0.2) is 24.7 Å². The quantitative estimate of drug-likeness (QED) is 0.271. The minimum Gasteiger partial charge on any atom is -0.294 e. The summed E-state index contributed by atoms with van der Waals surface area (Å²) >= 11 is 0. The van der Waals surface area contributed by atoms with E-state index >= 15 is 0 Å². The second-order valence-electron chi connectivity index (χ2n) is 9.11. The standard InChI is InChI=1S/C25H19F6N5/c1-13-4-6-17-15(10-13)16-11-14(24(26,27)28)5-7-18(16)36(17)21-8-9-32-22(33-21)23(2,3)19-12-20(35-34-19)25(29,30)31/h4-12H,1-3H3,(H,34,35). The van der Waals surface area contributed by atoms with Gasteiger partial charge in [0.1, 0.15) is 11.6 Å². The van der Waals surface area contributed by atoms with E-state index in [1.807, 2.05) is 19.1 Å². The van der Waals surface area contributed by atoms with Crippen molar-refractivity contribution in [1.82, 2.24) is 24.7 Å². The number of fused-ring (bicyclic) bond motifs is 3. The molecule has 0 fully saturated rings. The number of hydrogen-bond donors (Lipinski definition) is 1. The number of rotatable bonds is 3. The Balaban J connectivity index is 1.70. The lowest BCUT2D eigenvalue weighted by Gasteiger charge is -2.22. The highest BCUT2D eigenvalue weighted by Crippen LogP contribution is 2.38. The molecular weight excluding hydrogens is 484 g/mol. The maximum Gasteiger partial charge on any atom is 0.435 e. The predicted molar refractivity (Wildman–Crippen MR) is 122 cm³/mol. The second kappa shape index (κ2) is 7.81. The lowest BCUT2D eigenvalue weighted by atomic mass is 9.88. The summed E-state index contributed by atoms with van der Waals surface area (Å²) in [4.78, 5) is 8.92. The molecule has 0 amide bonds. The minimum atomic E-state index is -4.61. The van der Waals surface area contributed by atoms with Gasteiger partial charge < -0.3 is 0 Å². The molecule has 0 radical (unpaired) electrons. The molecule has 0 spiro atoms. The van der Waals surface area contributed by atoms with E-state index in [0.717, 1.165) is 23.8 Å². The number of aromatic nitrogens is 5. The molecular formula is C25H19F6N5. The molecule has 5 aromatic rings. The van der Waals surface area contributed by atoms with Gasteiger partial charge in [0.05, 0.1) is 22.0 Å². The van der Waals surface area contributed by atoms with Gasteiger partial charge in [-0.3, -0.25) is 9.67 Å². The maximum absolute atomic E-state index is 13.4. The molecule has 0 saturated heterocycles. The van der Waals surface area contributed by atoms with Crippen LogP contribution < -0.4 is 0 Å². The van der Waals surface area contributed by atoms with E-state index in [2.05, 4.69) is 20.2 Å². The van der Waals surface area contributed by atoms with Crippen LogP contribution in [0, 0.1) is 6.92 Å². The smallest absolute Gasteiger partial charge is 0.294 e. The number of alkyl halides is 6. The summed E-state index contributed by atoms with van der Waals surface area (Å²) in [6, 6.07) is 11.5. The van der Waals surface area contributed by atoms with Crippen LogP contribution in [-0.2, 0) is 17.8 Å². The van der Waals surface area contributed by atoms with Crippen molar-refractivity contribution in [2.24, 2.45) is 0 Å². The van der Waals surface area contributed by atoms with E-state index in [9.17, 15) is 26.3 Å². The summed E-state index contributed by atoms with van der Waals surface area (Å²) in [7, 11) is 0. The number of halogens is 6. The third kappa shape index (κ3) is 3.88. The van der Waals surface area contributed by atoms with Crippen LogP contribution in [0.2, 0.25) is 0 Å². The summed E-state index contributed by atoms with van der Waals surface area (Å²) < 4.78 is 81.3. The number of benzene rings is 2. The van der Waals surface area contributed by atoms with Gasteiger partial charge in [0.15, 0.2) is 5.69 Å². The topological polar surface area (TPSA) is 59.4 Å².